The molecule has 6 heteroatoms. The fourth-order valence-electron chi connectivity index (χ4n) is 3.81. The topological polar surface area (TPSA) is 61.9 Å². The number of amides is 1. The normalized spacial score (nSPS) is 17.1. The molecule has 1 saturated heterocycles. The summed E-state index contributed by atoms with van der Waals surface area (Å²) in [5.74, 6) is 0.344. The molecule has 1 aliphatic heterocycles. The van der Waals surface area contributed by atoms with Gasteiger partial charge in [-0.05, 0) is 43.2 Å². The standard InChI is InChI=1S/C21H17FN4O/c22-15-7-8-17-18(11-15)25-20(24-17)19-6-3-9-26(19)21(27)14-10-13-4-1-2-5-16(13)23-12-14/h1-2,4-5,7-8,10-12,19H,3,6,9H2,(H,24,25)/t19-/m1/s1. The molecule has 27 heavy (non-hydrogen) atoms. The largest absolute Gasteiger partial charge is 0.340 e. The van der Waals surface area contributed by atoms with Crippen molar-refractivity contribution in [3.8, 4) is 0 Å². The van der Waals surface area contributed by atoms with E-state index in [1.54, 1.807) is 12.3 Å². The summed E-state index contributed by atoms with van der Waals surface area (Å²) in [6.07, 6.45) is 3.37. The Bertz CT molecular complexity index is 1170. The third-order valence-corrected chi connectivity index (χ3v) is 5.13. The van der Waals surface area contributed by atoms with Gasteiger partial charge in [-0.1, -0.05) is 18.2 Å². The van der Waals surface area contributed by atoms with Gasteiger partial charge in [0.25, 0.3) is 5.91 Å². The van der Waals surface area contributed by atoms with Gasteiger partial charge in [-0.25, -0.2) is 9.37 Å². The number of fused-ring (bicyclic) bond motifs is 2. The first kappa shape index (κ1) is 15.9. The second-order valence-electron chi connectivity index (χ2n) is 6.86. The molecular formula is C21H17FN4O. The molecule has 1 aliphatic rings. The molecule has 1 fully saturated rings. The highest BCUT2D eigenvalue weighted by molar-refractivity contribution is 5.97. The molecule has 134 valence electrons. The van der Waals surface area contributed by atoms with Crippen molar-refractivity contribution in [2.75, 3.05) is 6.54 Å². The van der Waals surface area contributed by atoms with E-state index in [0.29, 0.717) is 29.0 Å². The second-order valence-corrected chi connectivity index (χ2v) is 6.86. The number of H-pyrrole nitrogens is 1. The Balaban J connectivity index is 1.49. The molecule has 2 aromatic carbocycles. The number of para-hydroxylation sites is 1. The minimum Gasteiger partial charge on any atom is -0.340 e. The molecule has 0 bridgehead atoms. The van der Waals surface area contributed by atoms with Gasteiger partial charge in [-0.2, -0.15) is 0 Å². The fraction of sp³-hybridized carbons (Fsp3) is 0.190. The van der Waals surface area contributed by atoms with Crippen LogP contribution in [0.5, 0.6) is 0 Å². The molecule has 1 atom stereocenters. The average Bonchev–Trinajstić information content (AvgIpc) is 3.33. The molecule has 0 aliphatic carbocycles. The molecule has 0 spiro atoms. The van der Waals surface area contributed by atoms with E-state index < -0.39 is 0 Å². The minimum absolute atomic E-state index is 0.0533. The number of imidazole rings is 1. The number of carbonyl (C=O) groups excluding carboxylic acids is 1. The molecule has 0 radical (unpaired) electrons. The summed E-state index contributed by atoms with van der Waals surface area (Å²) in [6, 6.07) is 14.0. The molecular weight excluding hydrogens is 343 g/mol. The fourth-order valence-corrected chi connectivity index (χ4v) is 3.81. The van der Waals surface area contributed by atoms with Crippen molar-refractivity contribution in [3.63, 3.8) is 0 Å². The third-order valence-electron chi connectivity index (χ3n) is 5.13. The van der Waals surface area contributed by atoms with E-state index in [4.69, 9.17) is 0 Å². The lowest BCUT2D eigenvalue weighted by atomic mass is 10.1. The zero-order chi connectivity index (χ0) is 18.4. The van der Waals surface area contributed by atoms with Crippen LogP contribution in [0.4, 0.5) is 4.39 Å². The van der Waals surface area contributed by atoms with E-state index in [1.165, 1.54) is 12.1 Å². The maximum atomic E-state index is 13.5. The summed E-state index contributed by atoms with van der Waals surface area (Å²) in [5, 5.41) is 0.943. The summed E-state index contributed by atoms with van der Waals surface area (Å²) in [4.78, 5) is 27.1. The maximum Gasteiger partial charge on any atom is 0.256 e. The Morgan fingerprint density at radius 2 is 2.04 bits per heavy atom. The lowest BCUT2D eigenvalue weighted by molar-refractivity contribution is 0.0730. The minimum atomic E-state index is -0.306. The first-order valence-corrected chi connectivity index (χ1v) is 9.00. The number of aromatic nitrogens is 3. The van der Waals surface area contributed by atoms with Gasteiger partial charge in [0, 0.05) is 18.1 Å². The van der Waals surface area contributed by atoms with Crippen molar-refractivity contribution in [2.45, 2.75) is 18.9 Å². The van der Waals surface area contributed by atoms with Gasteiger partial charge in [0.15, 0.2) is 0 Å². The smallest absolute Gasteiger partial charge is 0.256 e. The van der Waals surface area contributed by atoms with Crippen LogP contribution in [0, 0.1) is 5.82 Å². The molecule has 0 unspecified atom stereocenters. The number of aromatic amines is 1. The highest BCUT2D eigenvalue weighted by atomic mass is 19.1. The molecule has 1 N–H and O–H groups in total. The van der Waals surface area contributed by atoms with E-state index in [0.717, 1.165) is 23.7 Å². The zero-order valence-corrected chi connectivity index (χ0v) is 14.5. The summed E-state index contributed by atoms with van der Waals surface area (Å²) in [7, 11) is 0. The second kappa shape index (κ2) is 6.16. The van der Waals surface area contributed by atoms with Crippen molar-refractivity contribution in [1.82, 2.24) is 19.9 Å². The zero-order valence-electron chi connectivity index (χ0n) is 14.5. The van der Waals surface area contributed by atoms with Gasteiger partial charge in [0.05, 0.1) is 28.2 Å². The Morgan fingerprint density at radius 1 is 1.15 bits per heavy atom. The molecule has 4 aromatic rings. The Kier molecular flexibility index (Phi) is 3.63. The number of carbonyl (C=O) groups is 1. The van der Waals surface area contributed by atoms with Gasteiger partial charge in [-0.3, -0.25) is 9.78 Å². The van der Waals surface area contributed by atoms with Crippen LogP contribution in [0.3, 0.4) is 0 Å². The highest BCUT2D eigenvalue weighted by Crippen LogP contribution is 2.33. The van der Waals surface area contributed by atoms with Crippen LogP contribution in [0.15, 0.2) is 54.7 Å². The predicted octanol–water partition coefficient (Wildman–Crippen LogP) is 4.23. The van der Waals surface area contributed by atoms with Crippen molar-refractivity contribution in [1.29, 1.82) is 0 Å². The van der Waals surface area contributed by atoms with Crippen molar-refractivity contribution >= 4 is 27.8 Å². The number of halogens is 1. The molecule has 5 nitrogen and oxygen atoms in total. The van der Waals surface area contributed by atoms with Gasteiger partial charge < -0.3 is 9.88 Å². The summed E-state index contributed by atoms with van der Waals surface area (Å²) >= 11 is 0. The van der Waals surface area contributed by atoms with Crippen LogP contribution in [0.1, 0.15) is 35.1 Å². The number of nitrogens with zero attached hydrogens (tertiary/aromatic N) is 3. The van der Waals surface area contributed by atoms with Crippen LogP contribution in [0.25, 0.3) is 21.9 Å². The lowest BCUT2D eigenvalue weighted by Crippen LogP contribution is -2.31. The Hall–Kier alpha value is -3.28. The van der Waals surface area contributed by atoms with E-state index in [9.17, 15) is 9.18 Å². The van der Waals surface area contributed by atoms with Gasteiger partial charge >= 0.3 is 0 Å². The maximum absolute atomic E-state index is 13.5. The SMILES string of the molecule is O=C(c1cnc2ccccc2c1)N1CCC[C@@H]1c1nc2ccc(F)cc2[nH]1. The van der Waals surface area contributed by atoms with Crippen LogP contribution >= 0.6 is 0 Å². The number of hydrogen-bond donors (Lipinski definition) is 1. The number of rotatable bonds is 2. The molecule has 2 aromatic heterocycles. The number of likely N-dealkylation sites (tertiary alicyclic amines) is 1. The molecule has 0 saturated carbocycles. The first-order valence-electron chi connectivity index (χ1n) is 9.00. The van der Waals surface area contributed by atoms with Crippen molar-refractivity contribution in [3.05, 3.63) is 71.9 Å². The van der Waals surface area contributed by atoms with Crippen LogP contribution in [-0.2, 0) is 0 Å². The van der Waals surface area contributed by atoms with Crippen LogP contribution < -0.4 is 0 Å². The van der Waals surface area contributed by atoms with Gasteiger partial charge in [0.2, 0.25) is 0 Å². The van der Waals surface area contributed by atoms with E-state index in [-0.39, 0.29) is 17.8 Å². The summed E-state index contributed by atoms with van der Waals surface area (Å²) in [6.45, 7) is 0.668. The van der Waals surface area contributed by atoms with Crippen LogP contribution in [0.2, 0.25) is 0 Å². The third kappa shape index (κ3) is 2.73. The Morgan fingerprint density at radius 3 is 2.96 bits per heavy atom. The van der Waals surface area contributed by atoms with Gasteiger partial charge in [-0.15, -0.1) is 0 Å². The average molecular weight is 360 g/mol. The predicted molar refractivity (Wildman–Crippen MR) is 101 cm³/mol. The molecule has 3 heterocycles. The van der Waals surface area contributed by atoms with Crippen molar-refractivity contribution < 1.29 is 9.18 Å². The lowest BCUT2D eigenvalue weighted by Gasteiger charge is -2.23. The number of hydrogen-bond acceptors (Lipinski definition) is 3. The van der Waals surface area contributed by atoms with Crippen LogP contribution in [-0.4, -0.2) is 32.3 Å². The Labute approximate surface area is 154 Å². The first-order chi connectivity index (χ1) is 13.2. The monoisotopic (exact) mass is 360 g/mol. The van der Waals surface area contributed by atoms with E-state index >= 15 is 0 Å². The number of nitrogens with one attached hydrogen (secondary N) is 1. The summed E-state index contributed by atoms with van der Waals surface area (Å²) in [5.41, 5.74) is 2.80. The van der Waals surface area contributed by atoms with E-state index in [2.05, 4.69) is 15.0 Å². The van der Waals surface area contributed by atoms with E-state index in [1.807, 2.05) is 35.2 Å². The molecule has 5 rings (SSSR count). The summed E-state index contributed by atoms with van der Waals surface area (Å²) < 4.78 is 13.5. The quantitative estimate of drug-likeness (QED) is 0.582. The highest BCUT2D eigenvalue weighted by Gasteiger charge is 2.33. The van der Waals surface area contributed by atoms with Crippen molar-refractivity contribution in [2.24, 2.45) is 0 Å². The molecule has 1 amide bonds. The number of benzene rings is 2. The van der Waals surface area contributed by atoms with Gasteiger partial charge in [0.1, 0.15) is 11.6 Å². The number of pyridine rings is 1.